The fraction of sp³-hybridized carbons (Fsp3) is 0.0566. The van der Waals surface area contributed by atoms with Crippen molar-refractivity contribution in [3.8, 4) is 33.4 Å². The van der Waals surface area contributed by atoms with Crippen LogP contribution in [0.1, 0.15) is 25.0 Å². The normalized spacial score (nSPS) is 13.1. The number of anilines is 3. The molecule has 0 aliphatic heterocycles. The van der Waals surface area contributed by atoms with Crippen LogP contribution in [0.25, 0.3) is 75.1 Å². The van der Waals surface area contributed by atoms with Crippen LogP contribution in [0.2, 0.25) is 0 Å². The lowest BCUT2D eigenvalue weighted by Crippen LogP contribution is -2.16. The Bertz CT molecular complexity index is 3110. The lowest BCUT2D eigenvalue weighted by Gasteiger charge is -2.29. The molecular weight excluding hydrogens is 683 g/mol. The Morgan fingerprint density at radius 3 is 1.87 bits per heavy atom. The molecule has 0 fully saturated rings. The Labute approximate surface area is 325 Å². The topological polar surface area (TPSA) is 3.24 Å². The van der Waals surface area contributed by atoms with Crippen molar-refractivity contribution in [2.75, 3.05) is 4.90 Å². The standard InChI is InChI=1S/C53H37NS/c1-53(2)46-22-9-8-19-45(46)51-47(53)23-12-24-48(51)54(39-30-32-43-44-31-27-35-15-6-7-18-42(35)52(44)55-49(43)33-39)38-28-25-36(26-29-38)41-21-11-17-37-16-10-20-40(50(37)41)34-13-4-3-5-14-34/h3-33H,1-2H3. The van der Waals surface area contributed by atoms with Gasteiger partial charge in [0.25, 0.3) is 0 Å². The van der Waals surface area contributed by atoms with Crippen molar-refractivity contribution >= 4 is 70.1 Å². The van der Waals surface area contributed by atoms with Crippen molar-refractivity contribution in [2.45, 2.75) is 19.3 Å². The third kappa shape index (κ3) is 4.92. The first kappa shape index (κ1) is 32.0. The second kappa shape index (κ2) is 12.3. The molecule has 1 aliphatic rings. The second-order valence-corrected chi connectivity index (χ2v) is 16.3. The Balaban J connectivity index is 1.12. The number of benzene rings is 9. The number of rotatable bonds is 5. The van der Waals surface area contributed by atoms with E-state index in [0.717, 1.165) is 11.4 Å². The Morgan fingerprint density at radius 2 is 1.05 bits per heavy atom. The molecule has 1 nitrogen and oxygen atoms in total. The summed E-state index contributed by atoms with van der Waals surface area (Å²) in [5.41, 5.74) is 13.7. The van der Waals surface area contributed by atoms with E-state index in [4.69, 9.17) is 0 Å². The third-order valence-electron chi connectivity index (χ3n) is 11.9. The van der Waals surface area contributed by atoms with Gasteiger partial charge in [0.05, 0.1) is 5.69 Å². The van der Waals surface area contributed by atoms with Gasteiger partial charge in [0.15, 0.2) is 0 Å². The predicted molar refractivity (Wildman–Crippen MR) is 237 cm³/mol. The van der Waals surface area contributed by atoms with Gasteiger partial charge in [-0.1, -0.05) is 172 Å². The first-order chi connectivity index (χ1) is 27.0. The lowest BCUT2D eigenvalue weighted by molar-refractivity contribution is 0.660. The maximum absolute atomic E-state index is 2.49. The first-order valence-electron chi connectivity index (χ1n) is 19.1. The first-order valence-corrected chi connectivity index (χ1v) is 19.9. The Hall–Kier alpha value is -6.48. The minimum atomic E-state index is -0.0984. The summed E-state index contributed by atoms with van der Waals surface area (Å²) in [5, 5.41) is 7.76. The smallest absolute Gasteiger partial charge is 0.0543 e. The van der Waals surface area contributed by atoms with Gasteiger partial charge in [-0.2, -0.15) is 0 Å². The highest BCUT2D eigenvalue weighted by Gasteiger charge is 2.37. The summed E-state index contributed by atoms with van der Waals surface area (Å²) < 4.78 is 2.64. The minimum Gasteiger partial charge on any atom is -0.310 e. The summed E-state index contributed by atoms with van der Waals surface area (Å²) in [7, 11) is 0. The van der Waals surface area contributed by atoms with Crippen LogP contribution >= 0.6 is 11.3 Å². The van der Waals surface area contributed by atoms with Gasteiger partial charge >= 0.3 is 0 Å². The second-order valence-electron chi connectivity index (χ2n) is 15.3. The Morgan fingerprint density at radius 1 is 0.436 bits per heavy atom. The minimum absolute atomic E-state index is 0.0984. The zero-order valence-electron chi connectivity index (χ0n) is 30.8. The van der Waals surface area contributed by atoms with Gasteiger partial charge < -0.3 is 4.90 Å². The van der Waals surface area contributed by atoms with Crippen molar-refractivity contribution in [3.05, 3.63) is 199 Å². The monoisotopic (exact) mass is 719 g/mol. The lowest BCUT2D eigenvalue weighted by atomic mass is 9.82. The van der Waals surface area contributed by atoms with E-state index < -0.39 is 0 Å². The van der Waals surface area contributed by atoms with Gasteiger partial charge in [-0.05, 0) is 90.8 Å². The van der Waals surface area contributed by atoms with Crippen LogP contribution in [0.3, 0.4) is 0 Å². The molecule has 55 heavy (non-hydrogen) atoms. The molecule has 0 N–H and O–H groups in total. The highest BCUT2D eigenvalue weighted by atomic mass is 32.1. The molecule has 0 saturated heterocycles. The van der Waals surface area contributed by atoms with Crippen molar-refractivity contribution < 1.29 is 0 Å². The third-order valence-corrected chi connectivity index (χ3v) is 13.1. The zero-order valence-corrected chi connectivity index (χ0v) is 31.6. The number of thiophene rings is 1. The molecule has 0 atom stereocenters. The molecule has 11 rings (SSSR count). The van der Waals surface area contributed by atoms with Gasteiger partial charge in [-0.15, -0.1) is 11.3 Å². The molecule has 1 heterocycles. The maximum Gasteiger partial charge on any atom is 0.0543 e. The van der Waals surface area contributed by atoms with Gasteiger partial charge in [-0.3, -0.25) is 0 Å². The fourth-order valence-corrected chi connectivity index (χ4v) is 10.5. The van der Waals surface area contributed by atoms with Crippen molar-refractivity contribution in [2.24, 2.45) is 0 Å². The van der Waals surface area contributed by atoms with E-state index >= 15 is 0 Å². The van der Waals surface area contributed by atoms with E-state index in [1.165, 1.54) is 91.9 Å². The van der Waals surface area contributed by atoms with Gasteiger partial charge in [0, 0.05) is 42.5 Å². The van der Waals surface area contributed by atoms with Crippen LogP contribution in [-0.4, -0.2) is 0 Å². The van der Waals surface area contributed by atoms with Crippen molar-refractivity contribution in [1.29, 1.82) is 0 Å². The number of hydrogen-bond acceptors (Lipinski definition) is 2. The van der Waals surface area contributed by atoms with Crippen LogP contribution < -0.4 is 4.90 Å². The van der Waals surface area contributed by atoms with Gasteiger partial charge in [0.1, 0.15) is 0 Å². The van der Waals surface area contributed by atoms with E-state index in [1.54, 1.807) is 0 Å². The van der Waals surface area contributed by atoms with E-state index in [2.05, 4.69) is 207 Å². The molecule has 9 aromatic carbocycles. The van der Waals surface area contributed by atoms with Crippen molar-refractivity contribution in [1.82, 2.24) is 0 Å². The van der Waals surface area contributed by atoms with E-state index in [1.807, 2.05) is 11.3 Å². The van der Waals surface area contributed by atoms with Gasteiger partial charge in [0.2, 0.25) is 0 Å². The molecule has 2 heteroatoms. The predicted octanol–water partition coefficient (Wildman–Crippen LogP) is 15.5. The number of hydrogen-bond donors (Lipinski definition) is 0. The molecule has 1 aliphatic carbocycles. The summed E-state index contributed by atoms with van der Waals surface area (Å²) in [6, 6.07) is 69.5. The summed E-state index contributed by atoms with van der Waals surface area (Å²) in [6.07, 6.45) is 0. The molecule has 0 amide bonds. The van der Waals surface area contributed by atoms with Crippen LogP contribution in [-0.2, 0) is 5.41 Å². The van der Waals surface area contributed by atoms with Crippen LogP contribution in [0.4, 0.5) is 17.1 Å². The average molecular weight is 720 g/mol. The molecule has 0 spiro atoms. The largest absolute Gasteiger partial charge is 0.310 e. The quantitative estimate of drug-likeness (QED) is 0.171. The highest BCUT2D eigenvalue weighted by Crippen LogP contribution is 2.54. The molecule has 0 unspecified atom stereocenters. The summed E-state index contributed by atoms with van der Waals surface area (Å²) in [4.78, 5) is 2.49. The van der Waals surface area contributed by atoms with E-state index in [-0.39, 0.29) is 5.41 Å². The zero-order chi connectivity index (χ0) is 36.7. The molecule has 10 aromatic rings. The highest BCUT2D eigenvalue weighted by molar-refractivity contribution is 7.26. The summed E-state index contributed by atoms with van der Waals surface area (Å²) >= 11 is 1.90. The summed E-state index contributed by atoms with van der Waals surface area (Å²) in [6.45, 7) is 4.73. The molecule has 0 radical (unpaired) electrons. The number of nitrogens with zero attached hydrogens (tertiary/aromatic N) is 1. The molecule has 0 bridgehead atoms. The van der Waals surface area contributed by atoms with E-state index in [0.29, 0.717) is 0 Å². The molecule has 1 aromatic heterocycles. The number of fused-ring (bicyclic) bond motifs is 9. The molecule has 260 valence electrons. The SMILES string of the molecule is CC1(C)c2ccccc2-c2c(N(c3ccc(-c4cccc5cccc(-c6ccccc6)c45)cc3)c3ccc4c(c3)sc3c5ccccc5ccc43)cccc21. The summed E-state index contributed by atoms with van der Waals surface area (Å²) in [5.74, 6) is 0. The van der Waals surface area contributed by atoms with E-state index in [9.17, 15) is 0 Å². The van der Waals surface area contributed by atoms with Gasteiger partial charge in [-0.25, -0.2) is 0 Å². The molecular formula is C53H37NS. The van der Waals surface area contributed by atoms with Crippen LogP contribution in [0, 0.1) is 0 Å². The van der Waals surface area contributed by atoms with Crippen molar-refractivity contribution in [3.63, 3.8) is 0 Å². The van der Waals surface area contributed by atoms with Crippen LogP contribution in [0.15, 0.2) is 188 Å². The van der Waals surface area contributed by atoms with Crippen LogP contribution in [0.5, 0.6) is 0 Å². The average Bonchev–Trinajstić information content (AvgIpc) is 3.73. The maximum atomic E-state index is 2.49. The Kier molecular flexibility index (Phi) is 7.14. The molecule has 0 saturated carbocycles. The fourth-order valence-electron chi connectivity index (χ4n) is 9.21.